The van der Waals surface area contributed by atoms with E-state index in [2.05, 4.69) is 11.6 Å². The summed E-state index contributed by atoms with van der Waals surface area (Å²) in [7, 11) is 0. The second-order valence-electron chi connectivity index (χ2n) is 8.40. The van der Waals surface area contributed by atoms with Gasteiger partial charge in [0.05, 0.1) is 24.5 Å². The molecule has 0 aliphatic carbocycles. The van der Waals surface area contributed by atoms with Crippen molar-refractivity contribution in [3.05, 3.63) is 88.5 Å². The van der Waals surface area contributed by atoms with Crippen LogP contribution in [0.2, 0.25) is 0 Å². The summed E-state index contributed by atoms with van der Waals surface area (Å²) >= 11 is 0.945. The number of amides is 1. The minimum absolute atomic E-state index is 0.126. The minimum atomic E-state index is -1.06. The summed E-state index contributed by atoms with van der Waals surface area (Å²) in [5, 5.41) is 11.5. The van der Waals surface area contributed by atoms with Crippen LogP contribution in [0.3, 0.4) is 0 Å². The fraction of sp³-hybridized carbons (Fsp3) is 0.241. The standard InChI is InChI=1S/C29H28N2O7S/c1-5-16-38-19-14-12-18(13-15-19)24(32)22-23(20-10-8-9-11-21(20)36-6-2)31(27(34)25(22)33)29-30-17(4)26(39-29)28(35)37-7-3/h5,8-15,23,32H,1,6-7,16H2,2-4H3/b24-22+. The van der Waals surface area contributed by atoms with E-state index in [9.17, 15) is 19.5 Å². The Hall–Kier alpha value is -4.44. The number of nitrogens with zero attached hydrogens (tertiary/aromatic N) is 2. The average Bonchev–Trinajstić information content (AvgIpc) is 3.44. The van der Waals surface area contributed by atoms with Gasteiger partial charge in [0.25, 0.3) is 5.78 Å². The van der Waals surface area contributed by atoms with E-state index in [1.54, 1.807) is 68.5 Å². The first kappa shape index (κ1) is 27.6. The number of hydrogen-bond donors (Lipinski definition) is 1. The Morgan fingerprint density at radius 1 is 1.10 bits per heavy atom. The van der Waals surface area contributed by atoms with Crippen molar-refractivity contribution in [1.29, 1.82) is 0 Å². The van der Waals surface area contributed by atoms with Crippen LogP contribution in [0.1, 0.15) is 46.4 Å². The van der Waals surface area contributed by atoms with Crippen molar-refractivity contribution in [3.8, 4) is 11.5 Å². The number of rotatable bonds is 10. The first-order valence-corrected chi connectivity index (χ1v) is 13.1. The van der Waals surface area contributed by atoms with Crippen LogP contribution in [0.15, 0.2) is 66.8 Å². The lowest BCUT2D eigenvalue weighted by Crippen LogP contribution is -2.29. The SMILES string of the molecule is C=CCOc1ccc(/C(O)=C2\C(=O)C(=O)N(c3nc(C)c(C(=O)OCC)s3)C2c2ccccc2OCC)cc1. The molecule has 39 heavy (non-hydrogen) atoms. The third-order valence-electron chi connectivity index (χ3n) is 5.91. The van der Waals surface area contributed by atoms with E-state index >= 15 is 0 Å². The summed E-state index contributed by atoms with van der Waals surface area (Å²) in [4.78, 5) is 45.3. The third kappa shape index (κ3) is 5.42. The van der Waals surface area contributed by atoms with E-state index in [0.717, 1.165) is 11.3 Å². The molecule has 0 saturated carbocycles. The van der Waals surface area contributed by atoms with Gasteiger partial charge in [-0.1, -0.05) is 42.2 Å². The summed E-state index contributed by atoms with van der Waals surface area (Å²) < 4.78 is 16.4. The molecule has 1 unspecified atom stereocenters. The zero-order chi connectivity index (χ0) is 28.1. The van der Waals surface area contributed by atoms with Crippen LogP contribution in [0.4, 0.5) is 5.13 Å². The number of Topliss-reactive ketones (excluding diaryl/α,β-unsaturated/α-hetero) is 1. The van der Waals surface area contributed by atoms with Gasteiger partial charge in [0.15, 0.2) is 5.13 Å². The van der Waals surface area contributed by atoms with Crippen molar-refractivity contribution in [1.82, 2.24) is 4.98 Å². The number of para-hydroxylation sites is 1. The Balaban J connectivity index is 1.89. The number of anilines is 1. The van der Waals surface area contributed by atoms with Gasteiger partial charge in [-0.05, 0) is 51.1 Å². The molecule has 1 amide bonds. The molecule has 4 rings (SSSR count). The third-order valence-corrected chi connectivity index (χ3v) is 7.04. The molecule has 2 heterocycles. The molecule has 1 fully saturated rings. The lowest BCUT2D eigenvalue weighted by Gasteiger charge is -2.24. The van der Waals surface area contributed by atoms with Crippen molar-refractivity contribution in [2.75, 3.05) is 24.7 Å². The molecule has 1 N–H and O–H groups in total. The first-order valence-electron chi connectivity index (χ1n) is 12.3. The molecule has 1 aromatic heterocycles. The number of ether oxygens (including phenoxy) is 3. The number of hydrogen-bond acceptors (Lipinski definition) is 9. The van der Waals surface area contributed by atoms with Gasteiger partial charge in [-0.2, -0.15) is 0 Å². The van der Waals surface area contributed by atoms with Gasteiger partial charge < -0.3 is 19.3 Å². The van der Waals surface area contributed by atoms with Crippen LogP contribution in [-0.4, -0.2) is 47.6 Å². The van der Waals surface area contributed by atoms with Crippen molar-refractivity contribution in [2.45, 2.75) is 26.8 Å². The molecule has 1 aliphatic heterocycles. The van der Waals surface area contributed by atoms with Gasteiger partial charge in [-0.3, -0.25) is 14.5 Å². The van der Waals surface area contributed by atoms with Crippen LogP contribution in [0.5, 0.6) is 11.5 Å². The van der Waals surface area contributed by atoms with Crippen molar-refractivity contribution < 1.29 is 33.7 Å². The number of aliphatic hydroxyl groups is 1. The zero-order valence-electron chi connectivity index (χ0n) is 21.8. The smallest absolute Gasteiger partial charge is 0.350 e. The Kier molecular flexibility index (Phi) is 8.46. The van der Waals surface area contributed by atoms with Gasteiger partial charge in [0.2, 0.25) is 0 Å². The highest BCUT2D eigenvalue weighted by atomic mass is 32.1. The lowest BCUT2D eigenvalue weighted by molar-refractivity contribution is -0.132. The minimum Gasteiger partial charge on any atom is -0.507 e. The fourth-order valence-corrected chi connectivity index (χ4v) is 5.20. The molecule has 1 atom stereocenters. The number of aliphatic hydroxyl groups excluding tert-OH is 1. The monoisotopic (exact) mass is 548 g/mol. The van der Waals surface area contributed by atoms with E-state index in [4.69, 9.17) is 14.2 Å². The number of carbonyl (C=O) groups is 3. The predicted octanol–water partition coefficient (Wildman–Crippen LogP) is 5.22. The fourth-order valence-electron chi connectivity index (χ4n) is 4.21. The van der Waals surface area contributed by atoms with Crippen LogP contribution in [0, 0.1) is 6.92 Å². The van der Waals surface area contributed by atoms with Crippen LogP contribution in [0.25, 0.3) is 5.76 Å². The van der Waals surface area contributed by atoms with Gasteiger partial charge in [0, 0.05) is 11.1 Å². The second-order valence-corrected chi connectivity index (χ2v) is 9.37. The quantitative estimate of drug-likeness (QED) is 0.121. The molecule has 3 aromatic rings. The van der Waals surface area contributed by atoms with Crippen molar-refractivity contribution >= 4 is 39.9 Å². The maximum absolute atomic E-state index is 13.5. The normalized spacial score (nSPS) is 16.3. The number of ketones is 1. The van der Waals surface area contributed by atoms with Crippen molar-refractivity contribution in [2.24, 2.45) is 0 Å². The Bertz CT molecular complexity index is 1440. The second kappa shape index (κ2) is 12.0. The molecule has 0 spiro atoms. The topological polar surface area (TPSA) is 115 Å². The molecular formula is C29H28N2O7S. The average molecular weight is 549 g/mol. The van der Waals surface area contributed by atoms with E-state index in [-0.39, 0.29) is 27.9 Å². The van der Waals surface area contributed by atoms with Gasteiger partial charge in [-0.15, -0.1) is 0 Å². The van der Waals surface area contributed by atoms with Gasteiger partial charge >= 0.3 is 11.9 Å². The molecular weight excluding hydrogens is 520 g/mol. The largest absolute Gasteiger partial charge is 0.507 e. The van der Waals surface area contributed by atoms with Crippen LogP contribution in [-0.2, 0) is 14.3 Å². The number of carbonyl (C=O) groups excluding carboxylic acids is 3. The maximum atomic E-state index is 13.5. The Morgan fingerprint density at radius 2 is 1.82 bits per heavy atom. The summed E-state index contributed by atoms with van der Waals surface area (Å²) in [6, 6.07) is 12.4. The lowest BCUT2D eigenvalue weighted by atomic mass is 9.94. The number of benzene rings is 2. The molecule has 10 heteroatoms. The highest BCUT2D eigenvalue weighted by molar-refractivity contribution is 7.17. The number of esters is 1. The maximum Gasteiger partial charge on any atom is 0.350 e. The highest BCUT2D eigenvalue weighted by Crippen LogP contribution is 2.46. The molecule has 0 bridgehead atoms. The summed E-state index contributed by atoms with van der Waals surface area (Å²) in [6.07, 6.45) is 1.61. The molecule has 202 valence electrons. The Morgan fingerprint density at radius 3 is 2.49 bits per heavy atom. The van der Waals surface area contributed by atoms with E-state index < -0.39 is 23.7 Å². The predicted molar refractivity (Wildman–Crippen MR) is 147 cm³/mol. The molecule has 9 nitrogen and oxygen atoms in total. The van der Waals surface area contributed by atoms with Gasteiger partial charge in [0.1, 0.15) is 34.8 Å². The summed E-state index contributed by atoms with van der Waals surface area (Å²) in [6.45, 7) is 9.58. The number of thiazole rings is 1. The highest BCUT2D eigenvalue weighted by Gasteiger charge is 2.49. The van der Waals surface area contributed by atoms with Gasteiger partial charge in [-0.25, -0.2) is 9.78 Å². The molecule has 1 saturated heterocycles. The Labute approximate surface area is 230 Å². The summed E-state index contributed by atoms with van der Waals surface area (Å²) in [5.41, 5.74) is 1.04. The zero-order valence-corrected chi connectivity index (χ0v) is 22.6. The summed E-state index contributed by atoms with van der Waals surface area (Å²) in [5.74, 6) is -1.71. The first-order chi connectivity index (χ1) is 18.8. The van der Waals surface area contributed by atoms with E-state index in [0.29, 0.717) is 41.5 Å². The van der Waals surface area contributed by atoms with E-state index in [1.807, 2.05) is 6.92 Å². The molecule has 1 aliphatic rings. The van der Waals surface area contributed by atoms with Crippen molar-refractivity contribution in [3.63, 3.8) is 0 Å². The molecule has 2 aromatic carbocycles. The van der Waals surface area contributed by atoms with E-state index in [1.165, 1.54) is 4.90 Å². The number of aromatic nitrogens is 1. The number of aryl methyl sites for hydroxylation is 1. The van der Waals surface area contributed by atoms with Crippen LogP contribution >= 0.6 is 11.3 Å². The van der Waals surface area contributed by atoms with Crippen LogP contribution < -0.4 is 14.4 Å². The molecule has 0 radical (unpaired) electrons.